The first-order valence-electron chi connectivity index (χ1n) is 8.32. The van der Waals surface area contributed by atoms with Gasteiger partial charge in [0.25, 0.3) is 5.91 Å². The van der Waals surface area contributed by atoms with E-state index in [0.717, 1.165) is 11.1 Å². The van der Waals surface area contributed by atoms with Crippen molar-refractivity contribution in [3.8, 4) is 5.75 Å². The highest BCUT2D eigenvalue weighted by Crippen LogP contribution is 2.16. The first-order valence-corrected chi connectivity index (χ1v) is 9.97. The van der Waals surface area contributed by atoms with Crippen LogP contribution in [0.1, 0.15) is 5.56 Å². The molecule has 0 radical (unpaired) electrons. The molecule has 0 saturated heterocycles. The van der Waals surface area contributed by atoms with Crippen molar-refractivity contribution in [2.75, 3.05) is 23.6 Å². The van der Waals surface area contributed by atoms with E-state index < -0.39 is 10.0 Å². The third-order valence-electron chi connectivity index (χ3n) is 3.82. The second-order valence-electron chi connectivity index (χ2n) is 5.94. The monoisotopic (exact) mass is 388 g/mol. The van der Waals surface area contributed by atoms with Crippen molar-refractivity contribution in [2.24, 2.45) is 0 Å². The molecule has 2 heterocycles. The molecule has 9 heteroatoms. The Kier molecular flexibility index (Phi) is 5.60. The van der Waals surface area contributed by atoms with Crippen LogP contribution < -0.4 is 14.8 Å². The van der Waals surface area contributed by atoms with E-state index in [1.807, 2.05) is 25.1 Å². The molecule has 0 aliphatic heterocycles. The standard InChI is InChI=1S/C18H20N4O4S/c1-14-4-2-3-5-17(14)26-13-18(23)19-9-11-27(24,25)21-15-7-10-22-16(12-15)6-8-20-22/h2-8,10,12,21H,9,11,13H2,1H3,(H,19,23). The number of rotatable bonds is 8. The molecule has 142 valence electrons. The lowest BCUT2D eigenvalue weighted by molar-refractivity contribution is -0.122. The van der Waals surface area contributed by atoms with E-state index in [9.17, 15) is 13.2 Å². The number of ether oxygens (including phenoxy) is 1. The minimum absolute atomic E-state index is 0.0137. The number of para-hydroxylation sites is 1. The predicted molar refractivity (Wildman–Crippen MR) is 102 cm³/mol. The molecule has 0 bridgehead atoms. The number of carbonyl (C=O) groups excluding carboxylic acids is 1. The zero-order valence-electron chi connectivity index (χ0n) is 14.8. The highest BCUT2D eigenvalue weighted by molar-refractivity contribution is 7.92. The number of sulfonamides is 1. The Hall–Kier alpha value is -3.07. The second-order valence-corrected chi connectivity index (χ2v) is 7.78. The van der Waals surface area contributed by atoms with Crippen LogP contribution in [0.3, 0.4) is 0 Å². The molecule has 27 heavy (non-hydrogen) atoms. The maximum atomic E-state index is 12.2. The Morgan fingerprint density at radius 1 is 1.22 bits per heavy atom. The minimum atomic E-state index is -3.59. The van der Waals surface area contributed by atoms with Crippen LogP contribution in [-0.4, -0.2) is 42.8 Å². The number of benzene rings is 1. The average molecular weight is 388 g/mol. The number of amides is 1. The third-order valence-corrected chi connectivity index (χ3v) is 5.11. The van der Waals surface area contributed by atoms with Gasteiger partial charge >= 0.3 is 0 Å². The average Bonchev–Trinajstić information content (AvgIpc) is 3.08. The fourth-order valence-corrected chi connectivity index (χ4v) is 3.41. The van der Waals surface area contributed by atoms with Crippen molar-refractivity contribution in [3.63, 3.8) is 0 Å². The zero-order chi connectivity index (χ0) is 19.3. The molecular weight excluding hydrogens is 368 g/mol. The van der Waals surface area contributed by atoms with Crippen molar-refractivity contribution in [3.05, 3.63) is 60.4 Å². The van der Waals surface area contributed by atoms with Crippen LogP contribution in [0.4, 0.5) is 5.69 Å². The summed E-state index contributed by atoms with van der Waals surface area (Å²) in [5.74, 6) is -0.000537. The Morgan fingerprint density at radius 3 is 2.85 bits per heavy atom. The lowest BCUT2D eigenvalue weighted by Gasteiger charge is -2.11. The first-order chi connectivity index (χ1) is 12.9. The Morgan fingerprint density at radius 2 is 2.04 bits per heavy atom. The number of aromatic nitrogens is 2. The smallest absolute Gasteiger partial charge is 0.257 e. The van der Waals surface area contributed by atoms with Crippen LogP contribution >= 0.6 is 0 Å². The molecule has 0 unspecified atom stereocenters. The van der Waals surface area contributed by atoms with E-state index in [4.69, 9.17) is 4.74 Å². The molecule has 0 atom stereocenters. The molecule has 0 spiro atoms. The maximum Gasteiger partial charge on any atom is 0.257 e. The molecule has 8 nitrogen and oxygen atoms in total. The molecule has 3 aromatic rings. The van der Waals surface area contributed by atoms with E-state index in [-0.39, 0.29) is 24.8 Å². The van der Waals surface area contributed by atoms with Gasteiger partial charge in [-0.25, -0.2) is 12.9 Å². The van der Waals surface area contributed by atoms with Gasteiger partial charge in [0, 0.05) is 18.9 Å². The van der Waals surface area contributed by atoms with E-state index >= 15 is 0 Å². The van der Waals surface area contributed by atoms with Crippen LogP contribution in [-0.2, 0) is 14.8 Å². The summed E-state index contributed by atoms with van der Waals surface area (Å²) in [6, 6.07) is 12.4. The lowest BCUT2D eigenvalue weighted by Crippen LogP contribution is -2.34. The van der Waals surface area contributed by atoms with Crippen molar-refractivity contribution < 1.29 is 17.9 Å². The topological polar surface area (TPSA) is 102 Å². The van der Waals surface area contributed by atoms with Gasteiger partial charge in [-0.2, -0.15) is 5.10 Å². The van der Waals surface area contributed by atoms with Crippen LogP contribution in [0.5, 0.6) is 5.75 Å². The number of anilines is 1. The summed E-state index contributed by atoms with van der Waals surface area (Å²) in [6.45, 7) is 1.70. The summed E-state index contributed by atoms with van der Waals surface area (Å²) in [6.07, 6.45) is 3.29. The first kappa shape index (κ1) is 18.7. The number of hydrogen-bond donors (Lipinski definition) is 2. The fourth-order valence-electron chi connectivity index (χ4n) is 2.45. The summed E-state index contributed by atoms with van der Waals surface area (Å²) in [4.78, 5) is 11.8. The van der Waals surface area contributed by atoms with Crippen LogP contribution in [0.15, 0.2) is 54.9 Å². The molecule has 1 amide bonds. The summed E-state index contributed by atoms with van der Waals surface area (Å²) < 4.78 is 33.9. The third kappa shape index (κ3) is 5.20. The molecular formula is C18H20N4O4S. The van der Waals surface area contributed by atoms with Gasteiger partial charge in [0.15, 0.2) is 6.61 Å². The van der Waals surface area contributed by atoms with Crippen LogP contribution in [0.2, 0.25) is 0 Å². The predicted octanol–water partition coefficient (Wildman–Crippen LogP) is 1.58. The van der Waals surface area contributed by atoms with Crippen molar-refractivity contribution in [1.82, 2.24) is 14.9 Å². The van der Waals surface area contributed by atoms with Gasteiger partial charge in [0.1, 0.15) is 5.75 Å². The molecule has 0 aliphatic carbocycles. The molecule has 1 aromatic carbocycles. The molecule has 2 aromatic heterocycles. The van der Waals surface area contributed by atoms with Gasteiger partial charge in [-0.3, -0.25) is 9.52 Å². The minimum Gasteiger partial charge on any atom is -0.484 e. The van der Waals surface area contributed by atoms with Gasteiger partial charge in [0.2, 0.25) is 10.0 Å². The zero-order valence-corrected chi connectivity index (χ0v) is 15.6. The van der Waals surface area contributed by atoms with E-state index in [0.29, 0.717) is 11.4 Å². The highest BCUT2D eigenvalue weighted by Gasteiger charge is 2.12. The van der Waals surface area contributed by atoms with Gasteiger partial charge in [-0.15, -0.1) is 0 Å². The van der Waals surface area contributed by atoms with Gasteiger partial charge < -0.3 is 10.1 Å². The Balaban J connectivity index is 1.45. The normalized spacial score (nSPS) is 11.3. The van der Waals surface area contributed by atoms with Gasteiger partial charge in [0.05, 0.1) is 17.0 Å². The number of pyridine rings is 1. The van der Waals surface area contributed by atoms with Crippen LogP contribution in [0.25, 0.3) is 5.52 Å². The highest BCUT2D eigenvalue weighted by atomic mass is 32.2. The van der Waals surface area contributed by atoms with Gasteiger partial charge in [-0.05, 0) is 36.8 Å². The number of hydrogen-bond acceptors (Lipinski definition) is 5. The summed E-state index contributed by atoms with van der Waals surface area (Å²) >= 11 is 0. The molecule has 0 aliphatic rings. The number of aryl methyl sites for hydroxylation is 1. The largest absolute Gasteiger partial charge is 0.484 e. The molecule has 3 rings (SSSR count). The van der Waals surface area contributed by atoms with Gasteiger partial charge in [-0.1, -0.05) is 18.2 Å². The van der Waals surface area contributed by atoms with E-state index in [1.165, 1.54) is 0 Å². The molecule has 2 N–H and O–H groups in total. The number of nitrogens with one attached hydrogen (secondary N) is 2. The summed E-state index contributed by atoms with van der Waals surface area (Å²) in [7, 11) is -3.59. The SMILES string of the molecule is Cc1ccccc1OCC(=O)NCCS(=O)(=O)Nc1ccn2nccc2c1. The van der Waals surface area contributed by atoms with Crippen LogP contribution in [0, 0.1) is 6.92 Å². The molecule has 0 fully saturated rings. The Bertz CT molecular complexity index is 1050. The van der Waals surface area contributed by atoms with Crippen molar-refractivity contribution >= 4 is 27.1 Å². The maximum absolute atomic E-state index is 12.2. The number of carbonyl (C=O) groups is 1. The van der Waals surface area contributed by atoms with Crippen molar-refractivity contribution in [1.29, 1.82) is 0 Å². The van der Waals surface area contributed by atoms with E-state index in [2.05, 4.69) is 15.1 Å². The molecule has 0 saturated carbocycles. The fraction of sp³-hybridized carbons (Fsp3) is 0.222. The summed E-state index contributed by atoms with van der Waals surface area (Å²) in [5, 5.41) is 6.59. The number of fused-ring (bicyclic) bond motifs is 1. The second kappa shape index (κ2) is 8.09. The lowest BCUT2D eigenvalue weighted by atomic mass is 10.2. The number of nitrogens with zero attached hydrogens (tertiary/aromatic N) is 2. The Labute approximate surface area is 157 Å². The summed E-state index contributed by atoms with van der Waals surface area (Å²) in [5.41, 5.74) is 2.14. The van der Waals surface area contributed by atoms with Crippen molar-refractivity contribution in [2.45, 2.75) is 6.92 Å². The quantitative estimate of drug-likeness (QED) is 0.610. The van der Waals surface area contributed by atoms with E-state index in [1.54, 1.807) is 41.2 Å².